The van der Waals surface area contributed by atoms with Crippen molar-refractivity contribution in [1.82, 2.24) is 14.7 Å². The van der Waals surface area contributed by atoms with Crippen molar-refractivity contribution in [3.8, 4) is 5.75 Å². The lowest BCUT2D eigenvalue weighted by molar-refractivity contribution is -0.132. The summed E-state index contributed by atoms with van der Waals surface area (Å²) in [4.78, 5) is 18.8. The number of para-hydroxylation sites is 1. The van der Waals surface area contributed by atoms with Crippen LogP contribution in [-0.4, -0.2) is 90.3 Å². The summed E-state index contributed by atoms with van der Waals surface area (Å²) in [6, 6.07) is 9.45. The van der Waals surface area contributed by atoms with E-state index in [1.165, 1.54) is 0 Å². The van der Waals surface area contributed by atoms with E-state index in [0.717, 1.165) is 38.5 Å². The minimum Gasteiger partial charge on any atom is -0.486 e. The van der Waals surface area contributed by atoms with Gasteiger partial charge in [-0.15, -0.1) is 0 Å². The van der Waals surface area contributed by atoms with Gasteiger partial charge in [0.05, 0.1) is 19.6 Å². The summed E-state index contributed by atoms with van der Waals surface area (Å²) in [5.41, 5.74) is 0. The molecule has 0 saturated carbocycles. The van der Waals surface area contributed by atoms with Crippen LogP contribution in [0.15, 0.2) is 30.3 Å². The van der Waals surface area contributed by atoms with E-state index >= 15 is 0 Å². The van der Waals surface area contributed by atoms with Crippen molar-refractivity contribution in [2.75, 3.05) is 52.4 Å². The van der Waals surface area contributed by atoms with Crippen LogP contribution >= 0.6 is 0 Å². The molecule has 0 radical (unpaired) electrons. The highest BCUT2D eigenvalue weighted by atomic mass is 16.5. The van der Waals surface area contributed by atoms with Crippen LogP contribution in [0.4, 0.5) is 0 Å². The summed E-state index contributed by atoms with van der Waals surface area (Å²) in [5.74, 6) is 0.810. The molecule has 0 bridgehead atoms. The molecule has 0 unspecified atom stereocenters. The third-order valence-electron chi connectivity index (χ3n) is 4.89. The second-order valence-electron chi connectivity index (χ2n) is 6.55. The van der Waals surface area contributed by atoms with E-state index in [2.05, 4.69) is 16.7 Å². The molecule has 2 fully saturated rings. The summed E-state index contributed by atoms with van der Waals surface area (Å²) in [5, 5.41) is 10.2. The number of likely N-dealkylation sites (N-methyl/N-ethyl adjacent to an activating group) is 1. The fraction of sp³-hybridized carbons (Fsp3) is 0.611. The van der Waals surface area contributed by atoms with Crippen molar-refractivity contribution in [2.24, 2.45) is 0 Å². The molecule has 1 N–H and O–H groups in total. The standard InChI is InChI=1S/C18H27N3O3/c1-2-19-8-10-20(11-9-19)14-18(23)21-12-16(22)17(13-21)24-15-6-4-3-5-7-15/h3-7,16-17,22H,2,8-14H2,1H3/t16-,17-/m1/s1. The van der Waals surface area contributed by atoms with Crippen LogP contribution in [0.25, 0.3) is 0 Å². The molecule has 6 nitrogen and oxygen atoms in total. The zero-order valence-electron chi connectivity index (χ0n) is 14.3. The summed E-state index contributed by atoms with van der Waals surface area (Å²) in [6.07, 6.45) is -0.987. The maximum absolute atomic E-state index is 12.5. The summed E-state index contributed by atoms with van der Waals surface area (Å²) in [6.45, 7) is 8.37. The van der Waals surface area contributed by atoms with Crippen molar-refractivity contribution in [2.45, 2.75) is 19.1 Å². The van der Waals surface area contributed by atoms with Crippen LogP contribution in [0.2, 0.25) is 0 Å². The third kappa shape index (κ3) is 4.26. The molecule has 2 heterocycles. The number of β-amino-alcohol motifs (C(OH)–C–C–N with tert-alkyl or cyclic N) is 1. The number of ether oxygens (including phenoxy) is 1. The van der Waals surface area contributed by atoms with E-state index in [4.69, 9.17) is 4.74 Å². The van der Waals surface area contributed by atoms with Gasteiger partial charge in [0.25, 0.3) is 0 Å². The van der Waals surface area contributed by atoms with Crippen LogP contribution in [0.3, 0.4) is 0 Å². The Balaban J connectivity index is 1.48. The van der Waals surface area contributed by atoms with Gasteiger partial charge in [0.1, 0.15) is 18.0 Å². The Kier molecular flexibility index (Phi) is 5.71. The Bertz CT molecular complexity index is 532. The minimum atomic E-state index is -0.633. The first-order valence-electron chi connectivity index (χ1n) is 8.78. The predicted octanol–water partition coefficient (Wildman–Crippen LogP) is 0.275. The second kappa shape index (κ2) is 7.96. The normalized spacial score (nSPS) is 25.8. The van der Waals surface area contributed by atoms with Gasteiger partial charge >= 0.3 is 0 Å². The number of carbonyl (C=O) groups excluding carboxylic acids is 1. The Morgan fingerprint density at radius 1 is 1.12 bits per heavy atom. The lowest BCUT2D eigenvalue weighted by Crippen LogP contribution is -2.49. The molecule has 2 aliphatic rings. The number of hydrogen-bond acceptors (Lipinski definition) is 5. The highest BCUT2D eigenvalue weighted by Crippen LogP contribution is 2.19. The largest absolute Gasteiger partial charge is 0.486 e. The first kappa shape index (κ1) is 17.2. The van der Waals surface area contributed by atoms with E-state index in [1.807, 2.05) is 30.3 Å². The maximum atomic E-state index is 12.5. The molecule has 6 heteroatoms. The van der Waals surface area contributed by atoms with E-state index < -0.39 is 6.10 Å². The van der Waals surface area contributed by atoms with E-state index in [-0.39, 0.29) is 12.0 Å². The van der Waals surface area contributed by atoms with Gasteiger partial charge < -0.3 is 19.6 Å². The fourth-order valence-corrected chi connectivity index (χ4v) is 3.31. The zero-order valence-corrected chi connectivity index (χ0v) is 14.3. The molecule has 3 rings (SSSR count). The van der Waals surface area contributed by atoms with Crippen molar-refractivity contribution in [1.29, 1.82) is 0 Å². The Morgan fingerprint density at radius 2 is 1.79 bits per heavy atom. The van der Waals surface area contributed by atoms with E-state index in [0.29, 0.717) is 19.6 Å². The zero-order chi connectivity index (χ0) is 16.9. The van der Waals surface area contributed by atoms with Gasteiger partial charge in [-0.05, 0) is 18.7 Å². The Labute approximate surface area is 143 Å². The Hall–Kier alpha value is -1.63. The summed E-state index contributed by atoms with van der Waals surface area (Å²) >= 11 is 0. The number of likely N-dealkylation sites (tertiary alicyclic amines) is 1. The number of rotatable bonds is 5. The molecule has 1 aromatic carbocycles. The first-order chi connectivity index (χ1) is 11.7. The molecule has 24 heavy (non-hydrogen) atoms. The molecule has 1 aromatic rings. The first-order valence-corrected chi connectivity index (χ1v) is 8.78. The topological polar surface area (TPSA) is 56.2 Å². The molecular weight excluding hydrogens is 306 g/mol. The van der Waals surface area contributed by atoms with Gasteiger partial charge in [-0.2, -0.15) is 0 Å². The fourth-order valence-electron chi connectivity index (χ4n) is 3.31. The minimum absolute atomic E-state index is 0.0816. The molecule has 0 aromatic heterocycles. The molecular formula is C18H27N3O3. The lowest BCUT2D eigenvalue weighted by Gasteiger charge is -2.34. The van der Waals surface area contributed by atoms with E-state index in [1.54, 1.807) is 4.90 Å². The van der Waals surface area contributed by atoms with Gasteiger partial charge in [0, 0.05) is 26.2 Å². The molecule has 0 spiro atoms. The average molecular weight is 333 g/mol. The van der Waals surface area contributed by atoms with Crippen LogP contribution in [0, 0.1) is 0 Å². The van der Waals surface area contributed by atoms with Gasteiger partial charge in [0.2, 0.25) is 5.91 Å². The number of aliphatic hydroxyl groups excluding tert-OH is 1. The number of benzene rings is 1. The second-order valence-corrected chi connectivity index (χ2v) is 6.55. The SMILES string of the molecule is CCN1CCN(CC(=O)N2C[C@@H](O)[C@H](Oc3ccccc3)C2)CC1. The van der Waals surface area contributed by atoms with E-state index in [9.17, 15) is 9.90 Å². The number of nitrogens with zero attached hydrogens (tertiary/aromatic N) is 3. The molecule has 2 saturated heterocycles. The van der Waals surface area contributed by atoms with Gasteiger partial charge in [-0.3, -0.25) is 9.69 Å². The molecule has 0 aliphatic carbocycles. The van der Waals surface area contributed by atoms with Crippen molar-refractivity contribution in [3.63, 3.8) is 0 Å². The smallest absolute Gasteiger partial charge is 0.236 e. The van der Waals surface area contributed by atoms with Gasteiger partial charge in [-0.1, -0.05) is 25.1 Å². The number of carbonyl (C=O) groups is 1. The van der Waals surface area contributed by atoms with Crippen LogP contribution < -0.4 is 4.74 Å². The average Bonchev–Trinajstić information content (AvgIpc) is 2.97. The van der Waals surface area contributed by atoms with Gasteiger partial charge in [0.15, 0.2) is 0 Å². The molecule has 132 valence electrons. The van der Waals surface area contributed by atoms with Crippen molar-refractivity contribution >= 4 is 5.91 Å². The number of hydrogen-bond donors (Lipinski definition) is 1. The van der Waals surface area contributed by atoms with Gasteiger partial charge in [-0.25, -0.2) is 0 Å². The van der Waals surface area contributed by atoms with Crippen LogP contribution in [0.1, 0.15) is 6.92 Å². The third-order valence-corrected chi connectivity index (χ3v) is 4.89. The van der Waals surface area contributed by atoms with Crippen LogP contribution in [0.5, 0.6) is 5.75 Å². The highest BCUT2D eigenvalue weighted by Gasteiger charge is 2.36. The van der Waals surface area contributed by atoms with Crippen molar-refractivity contribution in [3.05, 3.63) is 30.3 Å². The number of aliphatic hydroxyl groups is 1. The summed E-state index contributed by atoms with van der Waals surface area (Å²) < 4.78 is 5.82. The number of amides is 1. The van der Waals surface area contributed by atoms with Crippen molar-refractivity contribution < 1.29 is 14.6 Å². The highest BCUT2D eigenvalue weighted by molar-refractivity contribution is 5.78. The molecule has 2 aliphatic heterocycles. The molecule has 1 amide bonds. The number of piperazine rings is 1. The van der Waals surface area contributed by atoms with Crippen LogP contribution in [-0.2, 0) is 4.79 Å². The predicted molar refractivity (Wildman–Crippen MR) is 92.0 cm³/mol. The summed E-state index contributed by atoms with van der Waals surface area (Å²) in [7, 11) is 0. The monoisotopic (exact) mass is 333 g/mol. The lowest BCUT2D eigenvalue weighted by atomic mass is 10.2. The molecule has 2 atom stereocenters. The maximum Gasteiger partial charge on any atom is 0.236 e. The Morgan fingerprint density at radius 3 is 2.46 bits per heavy atom. The quantitative estimate of drug-likeness (QED) is 0.839.